The normalized spacial score (nSPS) is 23.6. The van der Waals surface area contributed by atoms with Crippen molar-refractivity contribution in [3.8, 4) is 0 Å². The lowest BCUT2D eigenvalue weighted by Crippen LogP contribution is -2.33. The predicted molar refractivity (Wildman–Crippen MR) is 83.6 cm³/mol. The number of nitrogens with one attached hydrogen (secondary N) is 1. The fourth-order valence-electron chi connectivity index (χ4n) is 3.38. The van der Waals surface area contributed by atoms with Crippen molar-refractivity contribution in [2.24, 2.45) is 5.73 Å². The van der Waals surface area contributed by atoms with Gasteiger partial charge in [-0.1, -0.05) is 24.4 Å². The van der Waals surface area contributed by atoms with E-state index in [0.29, 0.717) is 22.4 Å². The minimum atomic E-state index is -0.510. The number of aromatic nitrogens is 1. The molecule has 2 heterocycles. The van der Waals surface area contributed by atoms with E-state index in [1.165, 1.54) is 31.9 Å². The van der Waals surface area contributed by atoms with Crippen molar-refractivity contribution < 1.29 is 4.79 Å². The average molecular weight is 309 g/mol. The number of carbonyl (C=O) groups excluding carboxylic acids is 1. The van der Waals surface area contributed by atoms with E-state index in [-0.39, 0.29) is 0 Å². The standard InChI is InChI=1S/C15H21ClN4O/c16-13-7-10(14(17)21)8-18-15(13)19-11-5-6-20(9-11)12-3-1-2-4-12/h7-8,11-12H,1-6,9H2,(H2,17,21)(H,18,19). The Morgan fingerprint density at radius 3 is 2.81 bits per heavy atom. The van der Waals surface area contributed by atoms with E-state index in [9.17, 15) is 4.79 Å². The van der Waals surface area contributed by atoms with Crippen molar-refractivity contribution in [1.82, 2.24) is 9.88 Å². The van der Waals surface area contributed by atoms with Crippen LogP contribution in [-0.2, 0) is 0 Å². The maximum absolute atomic E-state index is 11.1. The Labute approximate surface area is 129 Å². The molecule has 21 heavy (non-hydrogen) atoms. The zero-order valence-corrected chi connectivity index (χ0v) is 12.8. The van der Waals surface area contributed by atoms with Crippen LogP contribution in [0.15, 0.2) is 12.3 Å². The maximum Gasteiger partial charge on any atom is 0.250 e. The molecule has 1 amide bonds. The van der Waals surface area contributed by atoms with Crippen molar-refractivity contribution >= 4 is 23.3 Å². The topological polar surface area (TPSA) is 71.2 Å². The van der Waals surface area contributed by atoms with Gasteiger partial charge >= 0.3 is 0 Å². The van der Waals surface area contributed by atoms with Crippen LogP contribution < -0.4 is 11.1 Å². The zero-order valence-electron chi connectivity index (χ0n) is 12.0. The zero-order chi connectivity index (χ0) is 14.8. The Hall–Kier alpha value is -1.33. The van der Waals surface area contributed by atoms with Gasteiger partial charge in [-0.25, -0.2) is 4.98 Å². The summed E-state index contributed by atoms with van der Waals surface area (Å²) < 4.78 is 0. The third kappa shape index (κ3) is 3.30. The first-order chi connectivity index (χ1) is 10.1. The molecule has 1 aliphatic carbocycles. The SMILES string of the molecule is NC(=O)c1cnc(NC2CCN(C3CCCC3)C2)c(Cl)c1. The molecular formula is C15H21ClN4O. The van der Waals surface area contributed by atoms with Crippen LogP contribution in [0.5, 0.6) is 0 Å². The Balaban J connectivity index is 1.61. The number of pyridine rings is 1. The molecule has 1 saturated carbocycles. The molecule has 0 spiro atoms. The van der Waals surface area contributed by atoms with Crippen molar-refractivity contribution in [2.75, 3.05) is 18.4 Å². The lowest BCUT2D eigenvalue weighted by Gasteiger charge is -2.23. The van der Waals surface area contributed by atoms with Crippen molar-refractivity contribution in [1.29, 1.82) is 0 Å². The summed E-state index contributed by atoms with van der Waals surface area (Å²) >= 11 is 6.17. The van der Waals surface area contributed by atoms with Crippen LogP contribution in [0.1, 0.15) is 42.5 Å². The average Bonchev–Trinajstić information content (AvgIpc) is 3.11. The second-order valence-corrected chi connectivity index (χ2v) is 6.39. The molecule has 1 aromatic rings. The number of nitrogens with zero attached hydrogens (tertiary/aromatic N) is 2. The Morgan fingerprint density at radius 2 is 2.14 bits per heavy atom. The first-order valence-corrected chi connectivity index (χ1v) is 7.97. The molecule has 114 valence electrons. The molecule has 3 N–H and O–H groups in total. The number of anilines is 1. The van der Waals surface area contributed by atoms with Gasteiger partial charge in [0.15, 0.2) is 0 Å². The third-order valence-corrected chi connectivity index (χ3v) is 4.82. The van der Waals surface area contributed by atoms with Gasteiger partial charge in [-0.2, -0.15) is 0 Å². The van der Waals surface area contributed by atoms with Crippen molar-refractivity contribution in [3.05, 3.63) is 22.8 Å². The molecular weight excluding hydrogens is 288 g/mol. The highest BCUT2D eigenvalue weighted by molar-refractivity contribution is 6.33. The van der Waals surface area contributed by atoms with Gasteiger partial charge in [0.25, 0.3) is 0 Å². The molecule has 1 aliphatic heterocycles. The molecule has 2 aliphatic rings. The summed E-state index contributed by atoms with van der Waals surface area (Å²) in [7, 11) is 0. The highest BCUT2D eigenvalue weighted by Gasteiger charge is 2.30. The molecule has 0 radical (unpaired) electrons. The maximum atomic E-state index is 11.1. The molecule has 1 atom stereocenters. The minimum absolute atomic E-state index is 0.338. The molecule has 1 aromatic heterocycles. The van der Waals surface area contributed by atoms with Gasteiger partial charge in [-0.05, 0) is 25.3 Å². The molecule has 5 nitrogen and oxygen atoms in total. The molecule has 1 unspecified atom stereocenters. The monoisotopic (exact) mass is 308 g/mol. The van der Waals surface area contributed by atoms with Crippen LogP contribution >= 0.6 is 11.6 Å². The number of hydrogen-bond acceptors (Lipinski definition) is 4. The second kappa shape index (κ2) is 6.20. The van der Waals surface area contributed by atoms with Gasteiger partial charge in [0.1, 0.15) is 5.82 Å². The van der Waals surface area contributed by atoms with Gasteiger partial charge in [-0.15, -0.1) is 0 Å². The Bertz CT molecular complexity index is 530. The van der Waals surface area contributed by atoms with E-state index in [1.807, 2.05) is 0 Å². The lowest BCUT2D eigenvalue weighted by atomic mass is 10.2. The lowest BCUT2D eigenvalue weighted by molar-refractivity contribution is 0.1000. The molecule has 6 heteroatoms. The van der Waals surface area contributed by atoms with Crippen LogP contribution in [0, 0.1) is 0 Å². The Kier molecular flexibility index (Phi) is 4.31. The van der Waals surface area contributed by atoms with Crippen LogP contribution in [0.25, 0.3) is 0 Å². The summed E-state index contributed by atoms with van der Waals surface area (Å²) in [6.07, 6.45) is 7.97. The number of likely N-dealkylation sites (tertiary alicyclic amines) is 1. The first kappa shape index (κ1) is 14.6. The van der Waals surface area contributed by atoms with Crippen molar-refractivity contribution in [3.63, 3.8) is 0 Å². The number of nitrogens with two attached hydrogens (primary N) is 1. The van der Waals surface area contributed by atoms with E-state index in [0.717, 1.165) is 25.6 Å². The van der Waals surface area contributed by atoms with Gasteiger partial charge in [0.05, 0.1) is 10.6 Å². The summed E-state index contributed by atoms with van der Waals surface area (Å²) in [5.41, 5.74) is 5.56. The van der Waals surface area contributed by atoms with Crippen LogP contribution in [-0.4, -0.2) is 41.0 Å². The smallest absolute Gasteiger partial charge is 0.250 e. The number of halogens is 1. The molecule has 2 fully saturated rings. The summed E-state index contributed by atoms with van der Waals surface area (Å²) in [4.78, 5) is 17.9. The van der Waals surface area contributed by atoms with E-state index in [1.54, 1.807) is 6.07 Å². The number of hydrogen-bond donors (Lipinski definition) is 2. The molecule has 0 aromatic carbocycles. The predicted octanol–water partition coefficient (Wildman–Crippen LogP) is 2.26. The van der Waals surface area contributed by atoms with Gasteiger partial charge in [0.2, 0.25) is 5.91 Å². The van der Waals surface area contributed by atoms with E-state index >= 15 is 0 Å². The van der Waals surface area contributed by atoms with E-state index in [4.69, 9.17) is 17.3 Å². The van der Waals surface area contributed by atoms with Gasteiger partial charge in [0, 0.05) is 31.4 Å². The second-order valence-electron chi connectivity index (χ2n) is 5.98. The largest absolute Gasteiger partial charge is 0.366 e. The van der Waals surface area contributed by atoms with Gasteiger partial charge in [-0.3, -0.25) is 9.69 Å². The molecule has 1 saturated heterocycles. The molecule has 3 rings (SSSR count). The number of amides is 1. The third-order valence-electron chi connectivity index (χ3n) is 4.53. The van der Waals surface area contributed by atoms with Gasteiger partial charge < -0.3 is 11.1 Å². The number of primary amides is 1. The van der Waals surface area contributed by atoms with Crippen molar-refractivity contribution in [2.45, 2.75) is 44.2 Å². The Morgan fingerprint density at radius 1 is 1.38 bits per heavy atom. The van der Waals surface area contributed by atoms with Crippen LogP contribution in [0.3, 0.4) is 0 Å². The fourth-order valence-corrected chi connectivity index (χ4v) is 3.60. The summed E-state index contributed by atoms with van der Waals surface area (Å²) in [6, 6.07) is 2.70. The summed E-state index contributed by atoms with van der Waals surface area (Å²) in [5.74, 6) is 0.129. The van der Waals surface area contributed by atoms with Crippen LogP contribution in [0.2, 0.25) is 5.02 Å². The quantitative estimate of drug-likeness (QED) is 0.895. The van der Waals surface area contributed by atoms with E-state index < -0.39 is 5.91 Å². The summed E-state index contributed by atoms with van der Waals surface area (Å²) in [5, 5.41) is 3.84. The van der Waals surface area contributed by atoms with E-state index in [2.05, 4.69) is 15.2 Å². The number of rotatable bonds is 4. The highest BCUT2D eigenvalue weighted by Crippen LogP contribution is 2.28. The molecule has 0 bridgehead atoms. The number of carbonyl (C=O) groups is 1. The minimum Gasteiger partial charge on any atom is -0.366 e. The summed E-state index contributed by atoms with van der Waals surface area (Å²) in [6.45, 7) is 2.18. The highest BCUT2D eigenvalue weighted by atomic mass is 35.5. The van der Waals surface area contributed by atoms with Crippen LogP contribution in [0.4, 0.5) is 5.82 Å². The first-order valence-electron chi connectivity index (χ1n) is 7.59. The fraction of sp³-hybridized carbons (Fsp3) is 0.600.